The van der Waals surface area contributed by atoms with Gasteiger partial charge in [-0.2, -0.15) is 0 Å². The molecule has 0 saturated carbocycles. The number of carboxylic acid groups (broad SMARTS) is 1. The average Bonchev–Trinajstić information content (AvgIpc) is 2.49. The van der Waals surface area contributed by atoms with E-state index in [9.17, 15) is 4.79 Å². The van der Waals surface area contributed by atoms with Crippen LogP contribution in [-0.2, 0) is 17.8 Å². The molecule has 64 valence electrons. The summed E-state index contributed by atoms with van der Waals surface area (Å²) in [7, 11) is 0. The molecule has 12 heavy (non-hydrogen) atoms. The molecule has 1 aliphatic rings. The topological polar surface area (TPSA) is 49.3 Å². The average molecular weight is 183 g/mol. The Kier molecular flexibility index (Phi) is 1.86. The molecule has 0 bridgehead atoms. The van der Waals surface area contributed by atoms with E-state index in [0.717, 1.165) is 0 Å². The van der Waals surface area contributed by atoms with Crippen LogP contribution < -0.4 is 5.32 Å². The van der Waals surface area contributed by atoms with Crippen LogP contribution in [0.4, 0.5) is 0 Å². The molecule has 2 rings (SSSR count). The predicted octanol–water partition coefficient (Wildman–Crippen LogP) is 0.847. The van der Waals surface area contributed by atoms with Crippen LogP contribution in [0.3, 0.4) is 0 Å². The number of hydrogen-bond acceptors (Lipinski definition) is 3. The first-order valence-electron chi connectivity index (χ1n) is 3.79. The van der Waals surface area contributed by atoms with Gasteiger partial charge in [0.2, 0.25) is 0 Å². The van der Waals surface area contributed by atoms with E-state index in [1.807, 2.05) is 11.4 Å². The van der Waals surface area contributed by atoms with Crippen LogP contribution in [0.25, 0.3) is 0 Å². The number of nitrogens with one attached hydrogen (secondary N) is 1. The molecule has 1 aromatic rings. The molecule has 0 amide bonds. The van der Waals surface area contributed by atoms with Gasteiger partial charge in [-0.3, -0.25) is 10.1 Å². The fraction of sp³-hybridized carbons (Fsp3) is 0.375. The zero-order valence-corrected chi connectivity index (χ0v) is 7.23. The summed E-state index contributed by atoms with van der Waals surface area (Å²) in [5.74, 6) is -0.756. The highest BCUT2D eigenvalue weighted by Crippen LogP contribution is 2.22. The molecular formula is C8H9NO2S. The molecule has 1 aliphatic heterocycles. The van der Waals surface area contributed by atoms with Crippen LogP contribution in [-0.4, -0.2) is 17.1 Å². The summed E-state index contributed by atoms with van der Waals surface area (Å²) in [6.45, 7) is 0.690. The fourth-order valence-electron chi connectivity index (χ4n) is 1.37. The van der Waals surface area contributed by atoms with E-state index in [0.29, 0.717) is 13.0 Å². The van der Waals surface area contributed by atoms with Crippen molar-refractivity contribution >= 4 is 17.3 Å². The Balaban J connectivity index is 2.20. The molecule has 0 aromatic carbocycles. The van der Waals surface area contributed by atoms with E-state index in [4.69, 9.17) is 5.11 Å². The van der Waals surface area contributed by atoms with E-state index >= 15 is 0 Å². The summed E-state index contributed by atoms with van der Waals surface area (Å²) in [6, 6.07) is 1.65. The summed E-state index contributed by atoms with van der Waals surface area (Å²) in [4.78, 5) is 11.8. The van der Waals surface area contributed by atoms with Crippen molar-refractivity contribution in [3.05, 3.63) is 21.9 Å². The number of aliphatic carboxylic acids is 1. The molecule has 0 radical (unpaired) electrons. The van der Waals surface area contributed by atoms with Crippen molar-refractivity contribution in [1.29, 1.82) is 0 Å². The third-order valence-corrected chi connectivity index (χ3v) is 3.05. The van der Waals surface area contributed by atoms with Crippen LogP contribution in [0.1, 0.15) is 10.4 Å². The van der Waals surface area contributed by atoms with Gasteiger partial charge in [-0.1, -0.05) is 0 Å². The zero-order chi connectivity index (χ0) is 8.55. The number of carbonyl (C=O) groups is 1. The molecule has 0 unspecified atom stereocenters. The van der Waals surface area contributed by atoms with Crippen LogP contribution in [0.5, 0.6) is 0 Å². The second-order valence-electron chi connectivity index (χ2n) is 2.84. The first kappa shape index (κ1) is 7.76. The van der Waals surface area contributed by atoms with Crippen LogP contribution >= 0.6 is 11.3 Å². The van der Waals surface area contributed by atoms with Gasteiger partial charge in [0, 0.05) is 17.8 Å². The number of thiophene rings is 1. The van der Waals surface area contributed by atoms with Crippen molar-refractivity contribution < 1.29 is 9.90 Å². The van der Waals surface area contributed by atoms with Gasteiger partial charge >= 0.3 is 5.97 Å². The Morgan fingerprint density at radius 2 is 2.58 bits per heavy atom. The van der Waals surface area contributed by atoms with Crippen molar-refractivity contribution in [3.63, 3.8) is 0 Å². The summed E-state index contributed by atoms with van der Waals surface area (Å²) in [5, 5.41) is 13.7. The molecule has 0 aliphatic carbocycles. The van der Waals surface area contributed by atoms with Crippen molar-refractivity contribution in [2.45, 2.75) is 19.0 Å². The summed E-state index contributed by atoms with van der Waals surface area (Å²) in [6.07, 6.45) is 0.627. The minimum atomic E-state index is -0.756. The Labute approximate surface area is 74.0 Å². The predicted molar refractivity (Wildman–Crippen MR) is 46.3 cm³/mol. The third kappa shape index (κ3) is 1.23. The Morgan fingerprint density at radius 3 is 3.33 bits per heavy atom. The Bertz CT molecular complexity index is 308. The van der Waals surface area contributed by atoms with Gasteiger partial charge in [-0.05, 0) is 17.0 Å². The molecule has 1 aromatic heterocycles. The van der Waals surface area contributed by atoms with E-state index in [1.54, 1.807) is 11.3 Å². The molecule has 4 heteroatoms. The van der Waals surface area contributed by atoms with Gasteiger partial charge in [0.1, 0.15) is 6.04 Å². The smallest absolute Gasteiger partial charge is 0.321 e. The number of hydrogen-bond donors (Lipinski definition) is 2. The molecule has 2 heterocycles. The molecule has 0 fully saturated rings. The lowest BCUT2D eigenvalue weighted by atomic mass is 10.1. The number of rotatable bonds is 1. The highest BCUT2D eigenvalue weighted by molar-refractivity contribution is 7.10. The Morgan fingerprint density at radius 1 is 1.75 bits per heavy atom. The highest BCUT2D eigenvalue weighted by Gasteiger charge is 2.23. The van der Waals surface area contributed by atoms with Gasteiger partial charge in [0.05, 0.1) is 0 Å². The fourth-order valence-corrected chi connectivity index (χ4v) is 2.32. The second kappa shape index (κ2) is 2.88. The second-order valence-corrected chi connectivity index (χ2v) is 3.85. The maximum absolute atomic E-state index is 10.6. The van der Waals surface area contributed by atoms with Crippen molar-refractivity contribution in [3.8, 4) is 0 Å². The van der Waals surface area contributed by atoms with Crippen LogP contribution in [0, 0.1) is 0 Å². The van der Waals surface area contributed by atoms with E-state index in [2.05, 4.69) is 5.32 Å². The standard InChI is InChI=1S/C8H9NO2S/c10-8(11)6-3-7-5(4-9-6)1-2-12-7/h1-2,6,9H,3-4H2,(H,10,11)/t6-/m1/s1. The highest BCUT2D eigenvalue weighted by atomic mass is 32.1. The molecular weight excluding hydrogens is 174 g/mol. The lowest BCUT2D eigenvalue weighted by molar-refractivity contribution is -0.139. The van der Waals surface area contributed by atoms with Crippen molar-refractivity contribution in [2.75, 3.05) is 0 Å². The van der Waals surface area contributed by atoms with Gasteiger partial charge in [-0.15, -0.1) is 11.3 Å². The third-order valence-electron chi connectivity index (χ3n) is 2.06. The van der Waals surface area contributed by atoms with Gasteiger partial charge in [0.25, 0.3) is 0 Å². The van der Waals surface area contributed by atoms with Gasteiger partial charge in [-0.25, -0.2) is 0 Å². The minimum Gasteiger partial charge on any atom is -0.480 e. The number of fused-ring (bicyclic) bond motifs is 1. The molecule has 0 spiro atoms. The zero-order valence-electron chi connectivity index (χ0n) is 6.41. The normalized spacial score (nSPS) is 21.8. The molecule has 0 saturated heterocycles. The SMILES string of the molecule is O=C(O)[C@H]1Cc2sccc2CN1. The van der Waals surface area contributed by atoms with Crippen LogP contribution in [0.15, 0.2) is 11.4 Å². The van der Waals surface area contributed by atoms with Crippen molar-refractivity contribution in [2.24, 2.45) is 0 Å². The van der Waals surface area contributed by atoms with E-state index in [-0.39, 0.29) is 0 Å². The lowest BCUT2D eigenvalue weighted by Crippen LogP contribution is -2.40. The quantitative estimate of drug-likeness (QED) is 0.678. The first-order chi connectivity index (χ1) is 5.77. The monoisotopic (exact) mass is 183 g/mol. The maximum Gasteiger partial charge on any atom is 0.321 e. The minimum absolute atomic E-state index is 0.392. The lowest BCUT2D eigenvalue weighted by Gasteiger charge is -2.19. The summed E-state index contributed by atoms with van der Waals surface area (Å²) < 4.78 is 0. The van der Waals surface area contributed by atoms with Crippen molar-refractivity contribution in [1.82, 2.24) is 5.32 Å². The molecule has 1 atom stereocenters. The maximum atomic E-state index is 10.6. The summed E-state index contributed by atoms with van der Waals surface area (Å²) >= 11 is 1.64. The van der Waals surface area contributed by atoms with Crippen LogP contribution in [0.2, 0.25) is 0 Å². The van der Waals surface area contributed by atoms with E-state index in [1.165, 1.54) is 10.4 Å². The van der Waals surface area contributed by atoms with Gasteiger partial charge in [0.15, 0.2) is 0 Å². The van der Waals surface area contributed by atoms with E-state index < -0.39 is 12.0 Å². The largest absolute Gasteiger partial charge is 0.480 e. The number of carboxylic acids is 1. The Hall–Kier alpha value is -0.870. The van der Waals surface area contributed by atoms with Gasteiger partial charge < -0.3 is 5.11 Å². The molecule has 2 N–H and O–H groups in total. The molecule has 3 nitrogen and oxygen atoms in total. The summed E-state index contributed by atoms with van der Waals surface area (Å²) in [5.41, 5.74) is 1.25. The first-order valence-corrected chi connectivity index (χ1v) is 4.67.